The first-order chi connectivity index (χ1) is 16.5. The van der Waals surface area contributed by atoms with E-state index in [1.165, 1.54) is 0 Å². The Labute approximate surface area is 209 Å². The number of hydrogen-bond acceptors (Lipinski definition) is 5. The first-order valence-electron chi connectivity index (χ1n) is 12.3. The van der Waals surface area contributed by atoms with Crippen LogP contribution in [0.5, 0.6) is 5.75 Å². The van der Waals surface area contributed by atoms with Gasteiger partial charge in [0.2, 0.25) is 0 Å². The minimum atomic E-state index is -0.655. The van der Waals surface area contributed by atoms with E-state index in [2.05, 4.69) is 20.8 Å². The number of hydrogen-bond donors (Lipinski definition) is 1. The molecule has 1 atom stereocenters. The third-order valence-corrected chi connectivity index (χ3v) is 6.22. The summed E-state index contributed by atoms with van der Waals surface area (Å²) in [7, 11) is 3.95. The van der Waals surface area contributed by atoms with Crippen molar-refractivity contribution in [2.45, 2.75) is 52.0 Å². The van der Waals surface area contributed by atoms with Gasteiger partial charge in [0, 0.05) is 12.1 Å². The van der Waals surface area contributed by atoms with Gasteiger partial charge in [0.25, 0.3) is 11.7 Å². The Bertz CT molecular complexity index is 1080. The highest BCUT2D eigenvalue weighted by Crippen LogP contribution is 2.40. The van der Waals surface area contributed by atoms with Crippen molar-refractivity contribution < 1.29 is 19.4 Å². The average Bonchev–Trinajstić information content (AvgIpc) is 3.07. The lowest BCUT2D eigenvalue weighted by Gasteiger charge is -2.27. The van der Waals surface area contributed by atoms with E-state index in [0.717, 1.165) is 30.5 Å². The zero-order valence-electron chi connectivity index (χ0n) is 21.8. The topological polar surface area (TPSA) is 70.1 Å². The van der Waals surface area contributed by atoms with E-state index in [9.17, 15) is 14.7 Å². The lowest BCUT2D eigenvalue weighted by Crippen LogP contribution is -2.32. The molecule has 35 heavy (non-hydrogen) atoms. The highest BCUT2D eigenvalue weighted by atomic mass is 16.5. The van der Waals surface area contributed by atoms with Crippen LogP contribution in [0.2, 0.25) is 0 Å². The SMILES string of the molecule is CCCOc1cccc(C(O)=C2C(=O)C(=O)N(CCCN(C)C)C2c2ccc(C(C)(C)C)cc2)c1. The number of Topliss-reactive ketones (excluding diaryl/α,β-unsaturated/α-hetero) is 1. The van der Waals surface area contributed by atoms with E-state index in [1.54, 1.807) is 23.1 Å². The first-order valence-corrected chi connectivity index (χ1v) is 12.3. The zero-order valence-corrected chi connectivity index (χ0v) is 21.8. The smallest absolute Gasteiger partial charge is 0.295 e. The van der Waals surface area contributed by atoms with Crippen molar-refractivity contribution in [3.05, 3.63) is 70.8 Å². The Morgan fingerprint density at radius 1 is 1.09 bits per heavy atom. The Balaban J connectivity index is 2.08. The Hall–Kier alpha value is -3.12. The minimum Gasteiger partial charge on any atom is -0.507 e. The van der Waals surface area contributed by atoms with Crippen LogP contribution in [0.1, 0.15) is 63.3 Å². The van der Waals surface area contributed by atoms with Crippen molar-refractivity contribution in [3.8, 4) is 5.75 Å². The van der Waals surface area contributed by atoms with Gasteiger partial charge in [0.1, 0.15) is 11.5 Å². The molecule has 1 unspecified atom stereocenters. The maximum absolute atomic E-state index is 13.2. The Kier molecular flexibility index (Phi) is 8.39. The van der Waals surface area contributed by atoms with E-state index in [1.807, 2.05) is 56.3 Å². The summed E-state index contributed by atoms with van der Waals surface area (Å²) >= 11 is 0. The predicted molar refractivity (Wildman–Crippen MR) is 140 cm³/mol. The van der Waals surface area contributed by atoms with Crippen molar-refractivity contribution in [2.75, 3.05) is 33.8 Å². The molecule has 1 heterocycles. The molecule has 0 saturated carbocycles. The Morgan fingerprint density at radius 2 is 1.77 bits per heavy atom. The van der Waals surface area contributed by atoms with Gasteiger partial charge in [-0.15, -0.1) is 0 Å². The minimum absolute atomic E-state index is 0.0228. The van der Waals surface area contributed by atoms with Crippen molar-refractivity contribution in [2.24, 2.45) is 0 Å². The normalized spacial score (nSPS) is 17.9. The van der Waals surface area contributed by atoms with Gasteiger partial charge in [-0.2, -0.15) is 0 Å². The van der Waals surface area contributed by atoms with Crippen LogP contribution >= 0.6 is 0 Å². The second-order valence-corrected chi connectivity index (χ2v) is 10.4. The molecule has 3 rings (SSSR count). The fourth-order valence-corrected chi connectivity index (χ4v) is 4.29. The molecule has 2 aromatic rings. The molecule has 188 valence electrons. The molecule has 6 nitrogen and oxygen atoms in total. The summed E-state index contributed by atoms with van der Waals surface area (Å²) in [5.41, 5.74) is 2.52. The summed E-state index contributed by atoms with van der Waals surface area (Å²) in [5.74, 6) is -0.793. The summed E-state index contributed by atoms with van der Waals surface area (Å²) in [4.78, 5) is 30.0. The highest BCUT2D eigenvalue weighted by molar-refractivity contribution is 6.46. The van der Waals surface area contributed by atoms with Crippen LogP contribution in [0.25, 0.3) is 5.76 Å². The van der Waals surface area contributed by atoms with Gasteiger partial charge in [-0.3, -0.25) is 9.59 Å². The van der Waals surface area contributed by atoms with Crippen LogP contribution in [-0.2, 0) is 15.0 Å². The quantitative estimate of drug-likeness (QED) is 0.307. The fourth-order valence-electron chi connectivity index (χ4n) is 4.29. The average molecular weight is 479 g/mol. The molecule has 1 aliphatic rings. The van der Waals surface area contributed by atoms with Crippen LogP contribution in [0.3, 0.4) is 0 Å². The molecule has 1 N–H and O–H groups in total. The molecule has 1 saturated heterocycles. The van der Waals surface area contributed by atoms with Crippen LogP contribution in [-0.4, -0.2) is 60.4 Å². The molecule has 1 fully saturated rings. The van der Waals surface area contributed by atoms with Crippen molar-refractivity contribution in [1.82, 2.24) is 9.80 Å². The van der Waals surface area contributed by atoms with Gasteiger partial charge in [-0.25, -0.2) is 0 Å². The maximum atomic E-state index is 13.2. The van der Waals surface area contributed by atoms with Crippen molar-refractivity contribution in [3.63, 3.8) is 0 Å². The molecule has 1 aliphatic heterocycles. The summed E-state index contributed by atoms with van der Waals surface area (Å²) in [6.07, 6.45) is 1.58. The number of benzene rings is 2. The first kappa shape index (κ1) is 26.5. The number of carbonyl (C=O) groups is 2. The molecule has 0 aliphatic carbocycles. The van der Waals surface area contributed by atoms with Crippen LogP contribution in [0, 0.1) is 0 Å². The summed E-state index contributed by atoms with van der Waals surface area (Å²) in [5, 5.41) is 11.3. The number of carbonyl (C=O) groups excluding carboxylic acids is 2. The number of aliphatic hydroxyl groups excluding tert-OH is 1. The van der Waals surface area contributed by atoms with Gasteiger partial charge >= 0.3 is 0 Å². The fraction of sp³-hybridized carbons (Fsp3) is 0.448. The van der Waals surface area contributed by atoms with E-state index in [-0.39, 0.29) is 16.7 Å². The number of ketones is 1. The van der Waals surface area contributed by atoms with Crippen LogP contribution < -0.4 is 4.74 Å². The number of amides is 1. The van der Waals surface area contributed by atoms with Gasteiger partial charge < -0.3 is 19.6 Å². The lowest BCUT2D eigenvalue weighted by molar-refractivity contribution is -0.139. The van der Waals surface area contributed by atoms with Gasteiger partial charge in [0.15, 0.2) is 0 Å². The molecule has 0 aromatic heterocycles. The van der Waals surface area contributed by atoms with Crippen LogP contribution in [0.15, 0.2) is 54.1 Å². The van der Waals surface area contributed by atoms with E-state index in [4.69, 9.17) is 4.74 Å². The third-order valence-electron chi connectivity index (χ3n) is 6.22. The van der Waals surface area contributed by atoms with E-state index < -0.39 is 17.7 Å². The largest absolute Gasteiger partial charge is 0.507 e. The molecule has 0 spiro atoms. The summed E-state index contributed by atoms with van der Waals surface area (Å²) in [6, 6.07) is 14.4. The van der Waals surface area contributed by atoms with Gasteiger partial charge in [0.05, 0.1) is 18.2 Å². The summed E-state index contributed by atoms with van der Waals surface area (Å²) in [6.45, 7) is 10.2. The predicted octanol–water partition coefficient (Wildman–Crippen LogP) is 5.15. The third kappa shape index (κ3) is 6.12. The van der Waals surface area contributed by atoms with Gasteiger partial charge in [-0.05, 0) is 62.2 Å². The molecule has 2 aromatic carbocycles. The lowest BCUT2D eigenvalue weighted by atomic mass is 9.85. The molecule has 0 bridgehead atoms. The molecule has 1 amide bonds. The Morgan fingerprint density at radius 3 is 2.37 bits per heavy atom. The van der Waals surface area contributed by atoms with Crippen LogP contribution in [0.4, 0.5) is 0 Å². The second-order valence-electron chi connectivity index (χ2n) is 10.4. The monoisotopic (exact) mass is 478 g/mol. The second kappa shape index (κ2) is 11.1. The van der Waals surface area contributed by atoms with E-state index >= 15 is 0 Å². The summed E-state index contributed by atoms with van der Waals surface area (Å²) < 4.78 is 5.71. The molecular weight excluding hydrogens is 440 g/mol. The molecule has 0 radical (unpaired) electrons. The van der Waals surface area contributed by atoms with Gasteiger partial charge in [-0.1, -0.05) is 64.1 Å². The number of aliphatic hydroxyl groups is 1. The number of likely N-dealkylation sites (tertiary alicyclic amines) is 1. The number of nitrogens with zero attached hydrogens (tertiary/aromatic N) is 2. The standard InChI is InChI=1S/C29H38N2O4/c1-7-18-35-23-11-8-10-21(19-23)26(32)24-25(20-12-14-22(15-13-20)29(2,3)4)31(28(34)27(24)33)17-9-16-30(5)6/h8,10-15,19,25,32H,7,9,16-18H2,1-6H3. The van der Waals surface area contributed by atoms with Crippen molar-refractivity contribution >= 4 is 17.4 Å². The number of rotatable bonds is 9. The van der Waals surface area contributed by atoms with E-state index in [0.29, 0.717) is 24.5 Å². The number of ether oxygens (including phenoxy) is 1. The molecule has 6 heteroatoms. The molecular formula is C29H38N2O4. The highest BCUT2D eigenvalue weighted by Gasteiger charge is 2.45. The zero-order chi connectivity index (χ0) is 25.8. The maximum Gasteiger partial charge on any atom is 0.295 e. The van der Waals surface area contributed by atoms with Crippen molar-refractivity contribution in [1.29, 1.82) is 0 Å².